The number of hydrogen-bond donors (Lipinski definition) is 4. The second-order valence-electron chi connectivity index (χ2n) is 10.9. The Labute approximate surface area is 269 Å². The number of esters is 1. The molecular weight excluding hydrogens is 635 g/mol. The molecule has 2 aromatic rings. The molecule has 1 aliphatic carbocycles. The first-order valence-electron chi connectivity index (χ1n) is 16.5. The van der Waals surface area contributed by atoms with Crippen LogP contribution in [0.3, 0.4) is 0 Å². The number of cyclic esters (lactones) is 1. The Bertz CT molecular complexity index is 1770. The summed E-state index contributed by atoms with van der Waals surface area (Å²) in [6.45, 7) is -4.20. The summed E-state index contributed by atoms with van der Waals surface area (Å²) < 4.78 is 111. The van der Waals surface area contributed by atoms with Crippen molar-refractivity contribution in [3.8, 4) is 28.7 Å². The molecule has 2 aromatic carbocycles. The summed E-state index contributed by atoms with van der Waals surface area (Å²) in [5.41, 5.74) is -0.0764. The van der Waals surface area contributed by atoms with Crippen molar-refractivity contribution >= 4 is 13.8 Å². The van der Waals surface area contributed by atoms with Crippen LogP contribution in [0.4, 0.5) is 0 Å². The molecule has 4 heterocycles. The molecule has 0 unspecified atom stereocenters. The van der Waals surface area contributed by atoms with E-state index in [2.05, 4.69) is 0 Å². The minimum atomic E-state index is -5.16. The predicted octanol–water partition coefficient (Wildman–Crippen LogP) is 1.10. The van der Waals surface area contributed by atoms with Crippen LogP contribution in [-0.4, -0.2) is 97.1 Å². The second kappa shape index (κ2) is 11.8. The summed E-state index contributed by atoms with van der Waals surface area (Å²) in [5.74, 6) is -7.77. The molecule has 4 aliphatic heterocycles. The summed E-state index contributed by atoms with van der Waals surface area (Å²) in [7, 11) is -2.85. The van der Waals surface area contributed by atoms with Gasteiger partial charge in [0.15, 0.2) is 35.6 Å². The van der Waals surface area contributed by atoms with E-state index < -0.39 is 93.5 Å². The van der Waals surface area contributed by atoms with Gasteiger partial charge in [-0.05, 0) is 47.9 Å². The van der Waals surface area contributed by atoms with Gasteiger partial charge in [0.05, 0.1) is 44.8 Å². The number of phosphoric ester groups is 1. The molecule has 0 aromatic heterocycles. The highest BCUT2D eigenvalue weighted by Gasteiger charge is 2.56. The molecule has 4 N–H and O–H groups in total. The predicted molar refractivity (Wildman–Crippen MR) is 149 cm³/mol. The Morgan fingerprint density at radius 3 is 2.28 bits per heavy atom. The average Bonchev–Trinajstić information content (AvgIpc) is 3.60. The van der Waals surface area contributed by atoms with E-state index >= 15 is 0 Å². The summed E-state index contributed by atoms with van der Waals surface area (Å²) in [4.78, 5) is 32.9. The van der Waals surface area contributed by atoms with Gasteiger partial charge in [-0.1, -0.05) is 0 Å². The highest BCUT2D eigenvalue weighted by atomic mass is 31.2. The number of hydrogen-bond acceptors (Lipinski definition) is 14. The number of fused-ring (bicyclic) bond motifs is 4. The van der Waals surface area contributed by atoms with Gasteiger partial charge in [-0.15, -0.1) is 0 Å². The van der Waals surface area contributed by atoms with Crippen LogP contribution in [0.15, 0.2) is 24.3 Å². The third-order valence-corrected chi connectivity index (χ3v) is 8.61. The molecule has 7 rings (SSSR count). The largest absolute Gasteiger partial charge is 0.525 e. The van der Waals surface area contributed by atoms with Crippen molar-refractivity contribution in [3.05, 3.63) is 41.0 Å². The van der Waals surface area contributed by atoms with Gasteiger partial charge in [0, 0.05) is 13.2 Å². The molecule has 5 aliphatic rings. The Balaban J connectivity index is 1.40. The lowest BCUT2D eigenvalue weighted by molar-refractivity contribution is -0.364. The van der Waals surface area contributed by atoms with Crippen molar-refractivity contribution in [2.45, 2.75) is 55.9 Å². The van der Waals surface area contributed by atoms with Crippen LogP contribution in [0.25, 0.3) is 0 Å². The molecule has 3 saturated heterocycles. The van der Waals surface area contributed by atoms with Crippen molar-refractivity contribution in [1.29, 1.82) is 0 Å². The Kier molecular flexibility index (Phi) is 6.64. The van der Waals surface area contributed by atoms with Crippen LogP contribution in [0.5, 0.6) is 28.7 Å². The number of aliphatic hydroxyl groups is 2. The highest BCUT2D eigenvalue weighted by Crippen LogP contribution is 2.57. The van der Waals surface area contributed by atoms with Crippen LogP contribution in [0.1, 0.15) is 42.5 Å². The Morgan fingerprint density at radius 1 is 0.957 bits per heavy atom. The van der Waals surface area contributed by atoms with Gasteiger partial charge in [0.25, 0.3) is 0 Å². The SMILES string of the molecule is [2H]C1([2H])OC(=O)[C@H]2[C@H]1[C@H](O[C@@H]1O[C@H]3[C@@H](O[C@H](C)OC3([2H])[2H])[C@H](O)[C@H]1O)c1cc3c(cc1[C@@]2([2H])c1cc(OC)c(OP(=O)(O)O)c(OC)c1)OCO3. The zero-order valence-corrected chi connectivity index (χ0v) is 25.2. The first-order chi connectivity index (χ1) is 23.8. The molecule has 0 saturated carbocycles. The molecule has 0 radical (unpaired) electrons. The normalized spacial score (nSPS) is 40.0. The van der Waals surface area contributed by atoms with E-state index in [1.54, 1.807) is 0 Å². The number of ether oxygens (including phenoxy) is 9. The molecule has 3 fully saturated rings. The molecule has 10 atom stereocenters. The van der Waals surface area contributed by atoms with Crippen LogP contribution in [0.2, 0.25) is 0 Å². The Hall–Kier alpha value is -3.18. The minimum absolute atomic E-state index is 0.0161. The number of carbonyl (C=O) groups excluding carboxylic acids is 1. The number of methoxy groups -OCH3 is 2. The first-order valence-corrected chi connectivity index (χ1v) is 15.5. The first kappa shape index (κ1) is 25.9. The summed E-state index contributed by atoms with van der Waals surface area (Å²) in [5, 5.41) is 22.2. The lowest BCUT2D eigenvalue weighted by atomic mass is 9.66. The van der Waals surface area contributed by atoms with Crippen LogP contribution in [-0.2, 0) is 33.0 Å². The zero-order valence-electron chi connectivity index (χ0n) is 29.3. The van der Waals surface area contributed by atoms with Gasteiger partial charge < -0.3 is 57.4 Å². The summed E-state index contributed by atoms with van der Waals surface area (Å²) in [6.07, 6.45) is -11.2. The monoisotopic (exact) mass is 673 g/mol. The molecule has 46 heavy (non-hydrogen) atoms. The summed E-state index contributed by atoms with van der Waals surface area (Å²) in [6, 6.07) is 5.11. The lowest BCUT2D eigenvalue weighted by Gasteiger charge is -2.47. The third kappa shape index (κ3) is 5.37. The lowest BCUT2D eigenvalue weighted by Crippen LogP contribution is -2.63. The summed E-state index contributed by atoms with van der Waals surface area (Å²) >= 11 is 0. The zero-order chi connectivity index (χ0) is 37.0. The van der Waals surface area contributed by atoms with Crippen LogP contribution < -0.4 is 23.5 Å². The number of benzene rings is 2. The van der Waals surface area contributed by atoms with E-state index in [0.717, 1.165) is 14.2 Å². The Morgan fingerprint density at radius 2 is 1.63 bits per heavy atom. The fourth-order valence-corrected chi connectivity index (χ4v) is 6.63. The molecular formula is C29H33O16P. The van der Waals surface area contributed by atoms with E-state index in [9.17, 15) is 30.7 Å². The van der Waals surface area contributed by atoms with Crippen LogP contribution in [0, 0.1) is 11.8 Å². The van der Waals surface area contributed by atoms with E-state index in [1.807, 2.05) is 0 Å². The van der Waals surface area contributed by atoms with E-state index in [4.69, 9.17) is 52.6 Å². The average molecular weight is 674 g/mol. The quantitative estimate of drug-likeness (QED) is 0.240. The fraction of sp³-hybridized carbons (Fsp3) is 0.552. The topological polar surface area (TPSA) is 207 Å². The van der Waals surface area contributed by atoms with Crippen molar-refractivity contribution in [1.82, 2.24) is 0 Å². The van der Waals surface area contributed by atoms with Gasteiger partial charge >= 0.3 is 13.8 Å². The van der Waals surface area contributed by atoms with Crippen molar-refractivity contribution < 1.29 is 83.4 Å². The molecule has 16 nitrogen and oxygen atoms in total. The van der Waals surface area contributed by atoms with Gasteiger partial charge in [0.2, 0.25) is 12.5 Å². The molecule has 0 spiro atoms. The minimum Gasteiger partial charge on any atom is -0.493 e. The number of carbonyl (C=O) groups is 1. The van der Waals surface area contributed by atoms with E-state index in [1.165, 1.54) is 31.2 Å². The maximum absolute atomic E-state index is 13.8. The van der Waals surface area contributed by atoms with E-state index in [0.29, 0.717) is 0 Å². The fourth-order valence-electron chi connectivity index (χ4n) is 6.22. The smallest absolute Gasteiger partial charge is 0.493 e. The number of phosphoric acid groups is 1. The maximum atomic E-state index is 13.8. The number of aliphatic hydroxyl groups excluding tert-OH is 2. The van der Waals surface area contributed by atoms with Gasteiger partial charge in [-0.2, -0.15) is 0 Å². The van der Waals surface area contributed by atoms with Gasteiger partial charge in [0.1, 0.15) is 24.4 Å². The number of rotatable bonds is 7. The molecule has 0 amide bonds. The third-order valence-electron chi connectivity index (χ3n) is 8.19. The molecule has 250 valence electrons. The molecule has 17 heteroatoms. The molecule has 0 bridgehead atoms. The maximum Gasteiger partial charge on any atom is 0.525 e. The van der Waals surface area contributed by atoms with E-state index in [-0.39, 0.29) is 46.5 Å². The van der Waals surface area contributed by atoms with Crippen LogP contribution >= 0.6 is 7.82 Å². The van der Waals surface area contributed by atoms with Crippen molar-refractivity contribution in [2.24, 2.45) is 11.8 Å². The van der Waals surface area contributed by atoms with Crippen molar-refractivity contribution in [2.75, 3.05) is 34.1 Å². The van der Waals surface area contributed by atoms with Gasteiger partial charge in [-0.3, -0.25) is 14.6 Å². The second-order valence-corrected chi connectivity index (χ2v) is 12.1. The standard InChI is InChI=1S/C29H33O16P/c1-11-38-9-20-27(42-11)23(30)24(31)29(43-20)44-25-14-7-17-16(40-10-41-17)6-13(14)21(22-15(25)8-39-28(22)32)12-4-18(36-2)26(19(5-12)37-3)45-46(33,34)35/h4-7,11,15,20-25,27,29-31H,8-10H2,1-3H3,(H2,33,34,35)/t11-,15+,20-,21-,22+,23-,24-,25-,27-,29+/m1/s1/i8D2,9D2,21D. The highest BCUT2D eigenvalue weighted by molar-refractivity contribution is 7.46. The van der Waals surface area contributed by atoms with Gasteiger partial charge in [-0.25, -0.2) is 4.57 Å². The van der Waals surface area contributed by atoms with Crippen molar-refractivity contribution in [3.63, 3.8) is 0 Å².